The number of carbonyl (C=O) groups is 3. The summed E-state index contributed by atoms with van der Waals surface area (Å²) < 4.78 is 36.0. The van der Waals surface area contributed by atoms with Gasteiger partial charge in [0.25, 0.3) is 5.91 Å². The number of carbonyl (C=O) groups excluding carboxylic acids is 3. The molecule has 0 saturated heterocycles. The topological polar surface area (TPSA) is 125 Å². The lowest BCUT2D eigenvalue weighted by atomic mass is 10.0. The Morgan fingerprint density at radius 2 is 1.76 bits per heavy atom. The number of aryl methyl sites for hydroxylation is 1. The zero-order valence-electron chi connectivity index (χ0n) is 20.4. The molecule has 2 aliphatic rings. The molecule has 0 unspecified atom stereocenters. The third-order valence-corrected chi connectivity index (χ3v) is 9.34. The van der Waals surface area contributed by atoms with Crippen LogP contribution in [0.4, 0.5) is 0 Å². The van der Waals surface area contributed by atoms with Crippen molar-refractivity contribution in [2.24, 2.45) is 7.05 Å². The summed E-state index contributed by atoms with van der Waals surface area (Å²) in [6.07, 6.45) is 1.07. The van der Waals surface area contributed by atoms with Gasteiger partial charge in [0.15, 0.2) is 20.3 Å². The lowest BCUT2D eigenvalue weighted by Gasteiger charge is -2.35. The van der Waals surface area contributed by atoms with Crippen molar-refractivity contribution in [2.45, 2.75) is 75.9 Å². The van der Waals surface area contributed by atoms with Gasteiger partial charge in [-0.3, -0.25) is 14.3 Å². The Kier molecular flexibility index (Phi) is 6.19. The van der Waals surface area contributed by atoms with Crippen LogP contribution in [0.3, 0.4) is 0 Å². The Balaban J connectivity index is 1.85. The van der Waals surface area contributed by atoms with E-state index >= 15 is 0 Å². The lowest BCUT2D eigenvalue weighted by molar-refractivity contribution is -0.157. The minimum Gasteiger partial charge on any atom is -0.461 e. The fraction of sp³-hybridized carbons (Fsp3) is 0.727. The van der Waals surface area contributed by atoms with Gasteiger partial charge >= 0.3 is 11.9 Å². The minimum absolute atomic E-state index is 0.0280. The summed E-state index contributed by atoms with van der Waals surface area (Å²) in [5.41, 5.74) is 0.0563. The second kappa shape index (κ2) is 8.11. The number of rotatable bonds is 7. The van der Waals surface area contributed by atoms with E-state index in [9.17, 15) is 22.8 Å². The number of ether oxygens (including phenoxy) is 2. The van der Waals surface area contributed by atoms with Crippen molar-refractivity contribution < 1.29 is 32.3 Å². The molecule has 1 fully saturated rings. The number of aromatic nitrogens is 2. The zero-order chi connectivity index (χ0) is 25.0. The van der Waals surface area contributed by atoms with Gasteiger partial charge in [0, 0.05) is 25.7 Å². The van der Waals surface area contributed by atoms with Crippen molar-refractivity contribution in [2.75, 3.05) is 19.7 Å². The van der Waals surface area contributed by atoms with Gasteiger partial charge in [0.05, 0.1) is 11.4 Å². The van der Waals surface area contributed by atoms with Crippen molar-refractivity contribution in [3.63, 3.8) is 0 Å². The Morgan fingerprint density at radius 1 is 1.15 bits per heavy atom. The average molecular weight is 484 g/mol. The van der Waals surface area contributed by atoms with Gasteiger partial charge in [-0.1, -0.05) is 0 Å². The molecule has 1 aliphatic carbocycles. The molecule has 1 aromatic rings. The minimum atomic E-state index is -3.99. The third kappa shape index (κ3) is 4.27. The molecule has 3 rings (SSSR count). The van der Waals surface area contributed by atoms with Crippen LogP contribution in [0.2, 0.25) is 0 Å². The predicted octanol–water partition coefficient (Wildman–Crippen LogP) is 1.66. The second-order valence-electron chi connectivity index (χ2n) is 10.2. The Labute approximate surface area is 194 Å². The standard InChI is InChI=1S/C22H33N3O7S/c1-8-31-18(27)15-14-9-12-25(17(26)16(14)24(7)23-15)13-22(10-11-22)33(29,30)21(5,6)19(28)32-20(2,3)4/h8-13H2,1-7H3. The van der Waals surface area contributed by atoms with E-state index in [0.29, 0.717) is 24.8 Å². The first-order valence-corrected chi connectivity index (χ1v) is 12.6. The van der Waals surface area contributed by atoms with Crippen LogP contribution in [0.5, 0.6) is 0 Å². The maximum atomic E-state index is 13.6. The van der Waals surface area contributed by atoms with E-state index in [1.54, 1.807) is 34.7 Å². The van der Waals surface area contributed by atoms with Gasteiger partial charge in [-0.25, -0.2) is 13.2 Å². The summed E-state index contributed by atoms with van der Waals surface area (Å²) in [7, 11) is -2.42. The molecule has 0 atom stereocenters. The SMILES string of the molecule is CCOC(=O)c1nn(C)c2c1CCN(CC1(S(=O)(=O)C(C)(C)C(=O)OC(C)(C)C)CC1)C2=O. The highest BCUT2D eigenvalue weighted by Gasteiger charge is 2.63. The average Bonchev–Trinajstić information content (AvgIpc) is 3.39. The Bertz CT molecular complexity index is 1090. The first-order valence-electron chi connectivity index (χ1n) is 11.1. The van der Waals surface area contributed by atoms with Gasteiger partial charge in [-0.2, -0.15) is 5.10 Å². The second-order valence-corrected chi connectivity index (χ2v) is 13.1. The van der Waals surface area contributed by atoms with Crippen LogP contribution in [-0.2, 0) is 37.6 Å². The molecule has 0 spiro atoms. The molecule has 1 aromatic heterocycles. The largest absolute Gasteiger partial charge is 0.461 e. The van der Waals surface area contributed by atoms with Crippen molar-refractivity contribution in [1.82, 2.24) is 14.7 Å². The molecule has 0 bridgehead atoms. The zero-order valence-corrected chi connectivity index (χ0v) is 21.2. The molecule has 0 N–H and O–H groups in total. The predicted molar refractivity (Wildman–Crippen MR) is 120 cm³/mol. The van der Waals surface area contributed by atoms with Crippen LogP contribution in [0.1, 0.15) is 80.9 Å². The normalized spacial score (nSPS) is 18.0. The molecule has 0 aromatic carbocycles. The van der Waals surface area contributed by atoms with Gasteiger partial charge in [-0.05, 0) is 60.8 Å². The van der Waals surface area contributed by atoms with Crippen LogP contribution in [0.25, 0.3) is 0 Å². The Hall–Kier alpha value is -2.43. The third-order valence-electron chi connectivity index (χ3n) is 6.15. The quantitative estimate of drug-likeness (QED) is 0.536. The molecule has 10 nitrogen and oxygen atoms in total. The van der Waals surface area contributed by atoms with Gasteiger partial charge in [-0.15, -0.1) is 0 Å². The first kappa shape index (κ1) is 25.2. The monoisotopic (exact) mass is 483 g/mol. The first-order chi connectivity index (χ1) is 15.1. The number of amides is 1. The molecule has 2 heterocycles. The van der Waals surface area contributed by atoms with Gasteiger partial charge in [0.1, 0.15) is 11.3 Å². The van der Waals surface area contributed by atoms with Crippen molar-refractivity contribution >= 4 is 27.7 Å². The number of esters is 2. The molecular weight excluding hydrogens is 450 g/mol. The van der Waals surface area contributed by atoms with Crippen LogP contribution < -0.4 is 0 Å². The number of hydrogen-bond donors (Lipinski definition) is 0. The number of sulfone groups is 1. The highest BCUT2D eigenvalue weighted by molar-refractivity contribution is 7.95. The van der Waals surface area contributed by atoms with Gasteiger partial charge < -0.3 is 14.4 Å². The van der Waals surface area contributed by atoms with Crippen molar-refractivity contribution in [3.8, 4) is 0 Å². The molecule has 184 valence electrons. The molecule has 1 saturated carbocycles. The van der Waals surface area contributed by atoms with E-state index in [4.69, 9.17) is 9.47 Å². The van der Waals surface area contributed by atoms with Crippen molar-refractivity contribution in [1.29, 1.82) is 0 Å². The molecule has 33 heavy (non-hydrogen) atoms. The smallest absolute Gasteiger partial charge is 0.359 e. The fourth-order valence-electron chi connectivity index (χ4n) is 4.14. The van der Waals surface area contributed by atoms with E-state index in [2.05, 4.69) is 5.10 Å². The van der Waals surface area contributed by atoms with Crippen LogP contribution in [-0.4, -0.2) is 75.7 Å². The maximum absolute atomic E-state index is 13.6. The molecule has 1 aliphatic heterocycles. The summed E-state index contributed by atoms with van der Waals surface area (Å²) in [5.74, 6) is -1.78. The van der Waals surface area contributed by atoms with E-state index in [1.165, 1.54) is 23.4 Å². The number of nitrogens with zero attached hydrogens (tertiary/aromatic N) is 3. The number of fused-ring (bicyclic) bond motifs is 1. The highest BCUT2D eigenvalue weighted by Crippen LogP contribution is 2.49. The summed E-state index contributed by atoms with van der Waals surface area (Å²) in [4.78, 5) is 39.7. The van der Waals surface area contributed by atoms with E-state index in [0.717, 1.165) is 0 Å². The molecular formula is C22H33N3O7S. The molecule has 1 amide bonds. The Morgan fingerprint density at radius 3 is 2.27 bits per heavy atom. The lowest BCUT2D eigenvalue weighted by Crippen LogP contribution is -2.54. The summed E-state index contributed by atoms with van der Waals surface area (Å²) in [6.45, 7) is 9.87. The van der Waals surface area contributed by atoms with E-state index < -0.39 is 42.8 Å². The van der Waals surface area contributed by atoms with E-state index in [-0.39, 0.29) is 31.1 Å². The summed E-state index contributed by atoms with van der Waals surface area (Å²) >= 11 is 0. The van der Waals surface area contributed by atoms with Crippen LogP contribution in [0, 0.1) is 0 Å². The van der Waals surface area contributed by atoms with E-state index in [1.807, 2.05) is 0 Å². The number of hydrogen-bond acceptors (Lipinski definition) is 8. The summed E-state index contributed by atoms with van der Waals surface area (Å²) in [6, 6.07) is 0. The van der Waals surface area contributed by atoms with Crippen LogP contribution in [0.15, 0.2) is 0 Å². The maximum Gasteiger partial charge on any atom is 0.359 e. The molecule has 0 radical (unpaired) electrons. The summed E-state index contributed by atoms with van der Waals surface area (Å²) in [5, 5.41) is 4.17. The fourth-order valence-corrected chi connectivity index (χ4v) is 6.44. The van der Waals surface area contributed by atoms with Gasteiger partial charge in [0.2, 0.25) is 0 Å². The highest BCUT2D eigenvalue weighted by atomic mass is 32.2. The van der Waals surface area contributed by atoms with Crippen LogP contribution >= 0.6 is 0 Å². The van der Waals surface area contributed by atoms with Crippen molar-refractivity contribution in [3.05, 3.63) is 17.0 Å². The molecule has 11 heteroatoms.